The van der Waals surface area contributed by atoms with Gasteiger partial charge in [-0.1, -0.05) is 104 Å². The van der Waals surface area contributed by atoms with Gasteiger partial charge < -0.3 is 9.84 Å². The maximum Gasteiger partial charge on any atom is 0.164 e. The quantitative estimate of drug-likeness (QED) is 0.0960. The molecule has 3 heterocycles. The van der Waals surface area contributed by atoms with Gasteiger partial charge >= 0.3 is 0 Å². The van der Waals surface area contributed by atoms with Crippen LogP contribution in [0.2, 0.25) is 0 Å². The summed E-state index contributed by atoms with van der Waals surface area (Å²) in [7, 11) is 0. The van der Waals surface area contributed by atoms with E-state index in [9.17, 15) is 9.90 Å². The van der Waals surface area contributed by atoms with Crippen LogP contribution in [0.15, 0.2) is 66.6 Å². The van der Waals surface area contributed by atoms with Gasteiger partial charge in [-0.25, -0.2) is 0 Å². The Balaban J connectivity index is 0.000000260. The van der Waals surface area contributed by atoms with Crippen molar-refractivity contribution in [1.29, 1.82) is 0 Å². The molecule has 6 rings (SSSR count). The zero-order valence-corrected chi connectivity index (χ0v) is 34.1. The number of carbonyl (C=O) groups is 1. The summed E-state index contributed by atoms with van der Waals surface area (Å²) in [5, 5.41) is 14.9. The Bertz CT molecular complexity index is 1990. The van der Waals surface area contributed by atoms with Gasteiger partial charge in [-0.3, -0.25) is 9.78 Å². The predicted molar refractivity (Wildman–Crippen MR) is 205 cm³/mol. The molecule has 0 spiro atoms. The summed E-state index contributed by atoms with van der Waals surface area (Å²) in [6.45, 7) is 21.9. The minimum atomic E-state index is -0.337. The Kier molecular flexibility index (Phi) is 11.9. The second-order valence-corrected chi connectivity index (χ2v) is 16.1. The van der Waals surface area contributed by atoms with Crippen LogP contribution in [0.1, 0.15) is 112 Å². The summed E-state index contributed by atoms with van der Waals surface area (Å²) in [5.74, 6) is 1.75. The number of ether oxygens (including phenoxy) is 1. The zero-order chi connectivity index (χ0) is 35.0. The standard InChI is InChI=1S/C28H24NOS.C15H28O2.Ir/c1-16-15-30-27-19(16)9-10-22-25(27)24-23(31-22)11-12-29-26(24)18-13-17-7-5-6-8-20(17)21(14-18)28(2,3)4;1-7-14(5,8-2)12(16)11-13(17)15(6,9-3)10-4;/h5-12,14,16H,15H2,1-4H3;11,16H,7-10H2,1-6H3;/q-1;;/b;12-11-;. The third-order valence-electron chi connectivity index (χ3n) is 11.0. The van der Waals surface area contributed by atoms with Gasteiger partial charge in [0, 0.05) is 75.2 Å². The molecule has 1 radical (unpaired) electrons. The SMILES string of the molecule is CC1COc2c1ccc1sc3ccnc(-c4[c-]c5ccccc5c(C(C)(C)C)c4)c3c21.CCC(C)(CC)C(=O)/C=C(\O)C(C)(CC)CC.[Ir]. The van der Waals surface area contributed by atoms with Crippen LogP contribution in [-0.4, -0.2) is 22.5 Å². The average molecular weight is 855 g/mol. The molecule has 0 saturated heterocycles. The maximum absolute atomic E-state index is 12.2. The number of thiophene rings is 1. The average Bonchev–Trinajstić information content (AvgIpc) is 3.66. The van der Waals surface area contributed by atoms with Crippen LogP contribution < -0.4 is 4.74 Å². The molecule has 2 aromatic heterocycles. The topological polar surface area (TPSA) is 59.4 Å². The van der Waals surface area contributed by atoms with E-state index >= 15 is 0 Å². The molecule has 1 N–H and O–H groups in total. The van der Waals surface area contributed by atoms with E-state index in [0.29, 0.717) is 5.92 Å². The van der Waals surface area contributed by atoms with Crippen molar-refractivity contribution in [2.75, 3.05) is 6.61 Å². The van der Waals surface area contributed by atoms with Crippen LogP contribution in [-0.2, 0) is 30.3 Å². The number of nitrogens with zero attached hydrogens (tertiary/aromatic N) is 1. The van der Waals surface area contributed by atoms with E-state index in [-0.39, 0.29) is 47.9 Å². The van der Waals surface area contributed by atoms with Crippen molar-refractivity contribution in [2.24, 2.45) is 10.8 Å². The fourth-order valence-electron chi connectivity index (χ4n) is 6.50. The fraction of sp³-hybridized carbons (Fsp3) is 0.442. The second-order valence-electron chi connectivity index (χ2n) is 15.0. The molecule has 0 fully saturated rings. The van der Waals surface area contributed by atoms with Gasteiger partial charge in [0.1, 0.15) is 11.5 Å². The van der Waals surface area contributed by atoms with E-state index < -0.39 is 0 Å². The molecule has 6 heteroatoms. The first kappa shape index (κ1) is 38.7. The summed E-state index contributed by atoms with van der Waals surface area (Å²) >= 11 is 1.82. The van der Waals surface area contributed by atoms with Gasteiger partial charge in [-0.15, -0.1) is 40.5 Å². The van der Waals surface area contributed by atoms with Gasteiger partial charge in [0.05, 0.1) is 6.61 Å². The molecule has 1 atom stereocenters. The van der Waals surface area contributed by atoms with Crippen molar-refractivity contribution in [3.8, 4) is 17.0 Å². The zero-order valence-electron chi connectivity index (χ0n) is 30.8. The molecule has 0 amide bonds. The first-order chi connectivity index (χ1) is 22.7. The number of aliphatic hydroxyl groups excluding tert-OH is 1. The van der Waals surface area contributed by atoms with E-state index in [4.69, 9.17) is 9.72 Å². The van der Waals surface area contributed by atoms with Crippen LogP contribution in [0.4, 0.5) is 0 Å². The third kappa shape index (κ3) is 7.39. The van der Waals surface area contributed by atoms with Gasteiger partial charge in [0.2, 0.25) is 0 Å². The molecule has 1 aliphatic rings. The molecular formula is C43H52IrNO3S-. The van der Waals surface area contributed by atoms with Crippen molar-refractivity contribution >= 4 is 48.1 Å². The minimum Gasteiger partial charge on any atom is -0.512 e. The molecule has 3 aromatic carbocycles. The number of fused-ring (bicyclic) bond motifs is 6. The second kappa shape index (κ2) is 15.1. The number of pyridine rings is 1. The number of carbonyl (C=O) groups excluding carboxylic acids is 1. The van der Waals surface area contributed by atoms with Crippen molar-refractivity contribution in [1.82, 2.24) is 4.98 Å². The van der Waals surface area contributed by atoms with Gasteiger partial charge in [-0.2, -0.15) is 0 Å². The van der Waals surface area contributed by atoms with Crippen LogP contribution in [0.3, 0.4) is 0 Å². The van der Waals surface area contributed by atoms with E-state index in [1.54, 1.807) is 0 Å². The summed E-state index contributed by atoms with van der Waals surface area (Å²) in [5.41, 5.74) is 4.10. The first-order valence-electron chi connectivity index (χ1n) is 17.6. The van der Waals surface area contributed by atoms with Crippen LogP contribution >= 0.6 is 11.3 Å². The number of aromatic nitrogens is 1. The number of hydrogen-bond acceptors (Lipinski definition) is 5. The van der Waals surface area contributed by atoms with E-state index in [2.05, 4.69) is 82.3 Å². The van der Waals surface area contributed by atoms with E-state index in [0.717, 1.165) is 54.7 Å². The molecule has 0 aliphatic carbocycles. The predicted octanol–water partition coefficient (Wildman–Crippen LogP) is 12.5. The molecule has 49 heavy (non-hydrogen) atoms. The molecular weight excluding hydrogens is 803 g/mol. The molecule has 5 aromatic rings. The monoisotopic (exact) mass is 855 g/mol. The Labute approximate surface area is 310 Å². The van der Waals surface area contributed by atoms with Crippen LogP contribution in [0, 0.1) is 16.9 Å². The van der Waals surface area contributed by atoms with Crippen molar-refractivity contribution < 1.29 is 34.7 Å². The summed E-state index contributed by atoms with van der Waals surface area (Å²) < 4.78 is 8.70. The molecule has 1 unspecified atom stereocenters. The van der Waals surface area contributed by atoms with E-state index in [1.807, 2.05) is 59.1 Å². The molecule has 0 bridgehead atoms. The number of ketones is 1. The largest absolute Gasteiger partial charge is 0.512 e. The smallest absolute Gasteiger partial charge is 0.164 e. The number of rotatable bonds is 8. The summed E-state index contributed by atoms with van der Waals surface area (Å²) in [6.07, 6.45) is 6.68. The number of hydrogen-bond donors (Lipinski definition) is 1. The van der Waals surface area contributed by atoms with Gasteiger partial charge in [0.15, 0.2) is 5.78 Å². The number of aliphatic hydroxyl groups is 1. The molecule has 263 valence electrons. The number of allylic oxidation sites excluding steroid dienone is 2. The normalized spacial score (nSPS) is 15.1. The Morgan fingerprint density at radius 1 is 0.939 bits per heavy atom. The van der Waals surface area contributed by atoms with Crippen LogP contribution in [0.25, 0.3) is 42.2 Å². The first-order valence-corrected chi connectivity index (χ1v) is 18.4. The maximum atomic E-state index is 12.2. The van der Waals surface area contributed by atoms with Crippen LogP contribution in [0.5, 0.6) is 5.75 Å². The van der Waals surface area contributed by atoms with E-state index in [1.165, 1.54) is 42.8 Å². The van der Waals surface area contributed by atoms with Crippen molar-refractivity contribution in [2.45, 2.75) is 106 Å². The van der Waals surface area contributed by atoms with Gasteiger partial charge in [-0.05, 0) is 48.6 Å². The third-order valence-corrected chi connectivity index (χ3v) is 12.1. The van der Waals surface area contributed by atoms with Gasteiger partial charge in [0.25, 0.3) is 0 Å². The Hall–Kier alpha value is -3.05. The molecule has 4 nitrogen and oxygen atoms in total. The Morgan fingerprint density at radius 2 is 1.57 bits per heavy atom. The fourth-order valence-corrected chi connectivity index (χ4v) is 7.60. The summed E-state index contributed by atoms with van der Waals surface area (Å²) in [6, 6.07) is 21.1. The molecule has 0 saturated carbocycles. The molecule has 1 aliphatic heterocycles. The number of benzene rings is 3. The Morgan fingerprint density at radius 3 is 2.20 bits per heavy atom. The minimum absolute atomic E-state index is 0. The summed E-state index contributed by atoms with van der Waals surface area (Å²) in [4.78, 5) is 17.1. The van der Waals surface area contributed by atoms with Crippen molar-refractivity contribution in [3.05, 3.63) is 83.8 Å². The van der Waals surface area contributed by atoms with Crippen molar-refractivity contribution in [3.63, 3.8) is 0 Å².